The van der Waals surface area contributed by atoms with E-state index < -0.39 is 11.1 Å². The predicted molar refractivity (Wildman–Crippen MR) is 299 cm³/mol. The van der Waals surface area contributed by atoms with Gasteiger partial charge in [-0.05, 0) is 46.6 Å². The van der Waals surface area contributed by atoms with Crippen molar-refractivity contribution >= 4 is 11.6 Å². The molecule has 0 rings (SSSR count). The predicted octanol–water partition coefficient (Wildman–Crippen LogP) is 19.5. The average Bonchev–Trinajstić information content (AvgIpc) is 3.30. The molecule has 0 saturated heterocycles. The van der Waals surface area contributed by atoms with Gasteiger partial charge in [0.05, 0.1) is 27.7 Å². The summed E-state index contributed by atoms with van der Waals surface area (Å²) in [6, 6.07) is 0. The van der Waals surface area contributed by atoms with Crippen molar-refractivity contribution in [1.29, 1.82) is 0 Å². The first-order chi connectivity index (χ1) is 32.3. The van der Waals surface area contributed by atoms with Gasteiger partial charge in [-0.25, -0.2) is 0 Å². The van der Waals surface area contributed by atoms with Crippen LogP contribution < -0.4 is 5.32 Å². The van der Waals surface area contributed by atoms with Crippen LogP contribution in [-0.4, -0.2) is 61.6 Å². The fourth-order valence-corrected chi connectivity index (χ4v) is 9.90. The van der Waals surface area contributed by atoms with Crippen molar-refractivity contribution in [3.05, 3.63) is 0 Å². The number of Topliss-reactive ketones (excluding diaryl/α,β-unsaturated/α-hetero) is 2. The number of hydrogen-bond acceptors (Lipinski definition) is 4. The monoisotopic (exact) mass is 948 g/mol. The highest BCUT2D eigenvalue weighted by Crippen LogP contribution is 2.35. The third-order valence-corrected chi connectivity index (χ3v) is 15.3. The van der Waals surface area contributed by atoms with E-state index in [0.717, 1.165) is 43.0 Å². The highest BCUT2D eigenvalue weighted by Gasteiger charge is 2.52. The molecule has 0 saturated carbocycles. The van der Waals surface area contributed by atoms with Gasteiger partial charge >= 0.3 is 0 Å². The molecule has 0 aromatic heterocycles. The summed E-state index contributed by atoms with van der Waals surface area (Å²) in [5.41, 5.74) is -2.93. The van der Waals surface area contributed by atoms with Crippen LogP contribution in [0.25, 0.3) is 0 Å². The minimum Gasteiger partial charge on any atom is -0.375 e. The summed E-state index contributed by atoms with van der Waals surface area (Å²) in [6.45, 7) is 11.4. The van der Waals surface area contributed by atoms with Crippen LogP contribution in [0, 0.1) is 5.41 Å². The lowest BCUT2D eigenvalue weighted by molar-refractivity contribution is -0.870. The van der Waals surface area contributed by atoms with Crippen molar-refractivity contribution in [2.24, 2.45) is 5.41 Å². The second kappa shape index (κ2) is 50.2. The normalized spacial score (nSPS) is 12.9. The molecule has 5 nitrogen and oxygen atoms in total. The molecule has 0 amide bonds. The smallest absolute Gasteiger partial charge is 0.150 e. The van der Waals surface area contributed by atoms with Crippen LogP contribution >= 0.6 is 0 Å². The van der Waals surface area contributed by atoms with E-state index in [1.807, 2.05) is 0 Å². The molecule has 0 aliphatic carbocycles. The third kappa shape index (κ3) is 44.9. The summed E-state index contributed by atoms with van der Waals surface area (Å²) >= 11 is 0. The molecule has 0 aromatic rings. The van der Waals surface area contributed by atoms with Gasteiger partial charge in [-0.1, -0.05) is 290 Å². The van der Waals surface area contributed by atoms with Crippen LogP contribution in [0.3, 0.4) is 0 Å². The third-order valence-electron chi connectivity index (χ3n) is 15.3. The SMILES string of the molecule is CCCCCCCCCCCCCCCC(=O)C(C)(C(=O)CCCCCCCCCCCCCCC)C(C)(O)NC.CCCCCCCCCCCCCCCCCCCCCC[N+](C)(C)C. The number of nitrogens with zero attached hydrogens (tertiary/aromatic N) is 1. The molecule has 0 aliphatic heterocycles. The Bertz CT molecular complexity index is 977. The molecule has 0 heterocycles. The van der Waals surface area contributed by atoms with Gasteiger partial charge in [-0.3, -0.25) is 14.9 Å². The van der Waals surface area contributed by atoms with E-state index in [0.29, 0.717) is 12.8 Å². The van der Waals surface area contributed by atoms with Gasteiger partial charge in [-0.2, -0.15) is 0 Å². The van der Waals surface area contributed by atoms with Gasteiger partial charge in [0, 0.05) is 12.8 Å². The number of unbranched alkanes of at least 4 members (excludes halogenated alkanes) is 43. The largest absolute Gasteiger partial charge is 0.375 e. The maximum absolute atomic E-state index is 13.3. The maximum atomic E-state index is 13.3. The second-order valence-electron chi connectivity index (χ2n) is 23.0. The molecule has 2 N–H and O–H groups in total. The molecule has 0 fully saturated rings. The molecule has 0 aromatic carbocycles. The lowest BCUT2D eigenvalue weighted by atomic mass is 9.70. The van der Waals surface area contributed by atoms with E-state index in [1.165, 1.54) is 263 Å². The van der Waals surface area contributed by atoms with Gasteiger partial charge in [0.25, 0.3) is 0 Å². The van der Waals surface area contributed by atoms with Gasteiger partial charge in [0.2, 0.25) is 0 Å². The number of hydrogen-bond donors (Lipinski definition) is 2. The Balaban J connectivity index is 0. The lowest BCUT2D eigenvalue weighted by Crippen LogP contribution is -2.61. The summed E-state index contributed by atoms with van der Waals surface area (Å²) in [5, 5.41) is 13.9. The Morgan fingerprint density at radius 2 is 0.522 bits per heavy atom. The molecular formula is C62H127N2O3+. The van der Waals surface area contributed by atoms with Gasteiger partial charge < -0.3 is 9.59 Å². The van der Waals surface area contributed by atoms with Crippen LogP contribution in [0.2, 0.25) is 0 Å². The van der Waals surface area contributed by atoms with Crippen LogP contribution in [-0.2, 0) is 9.59 Å². The number of quaternary nitrogens is 1. The van der Waals surface area contributed by atoms with Crippen molar-refractivity contribution in [3.8, 4) is 0 Å². The summed E-state index contributed by atoms with van der Waals surface area (Å²) < 4.78 is 1.12. The Kier molecular flexibility index (Phi) is 51.1. The molecule has 0 spiro atoms. The standard InChI is InChI=1S/C37H73NO3.C25H54N/c1-6-8-10-12-14-16-18-20-22-24-26-28-30-32-34(39)36(3,37(4,41)38-5)35(40)33-31-29-27-25-23-21-19-17-15-13-11-9-7-2;1-5-6-7-8-9-10-11-12-13-14-15-16-17-18-19-20-21-22-23-24-25-26(2,3)4/h38,41H,6-33H2,1-5H3;5-25H2,1-4H3/q;+1. The summed E-state index contributed by atoms with van der Waals surface area (Å²) in [5.74, 6) is -0.223. The van der Waals surface area contributed by atoms with Crippen molar-refractivity contribution in [1.82, 2.24) is 5.32 Å². The highest BCUT2D eigenvalue weighted by atomic mass is 16.3. The lowest BCUT2D eigenvalue weighted by Gasteiger charge is -2.40. The second-order valence-corrected chi connectivity index (χ2v) is 23.0. The first-order valence-corrected chi connectivity index (χ1v) is 30.6. The number of carbonyl (C=O) groups excluding carboxylic acids is 2. The molecule has 0 bridgehead atoms. The molecular weight excluding hydrogens is 821 g/mol. The molecule has 0 radical (unpaired) electrons. The number of aliphatic hydroxyl groups is 1. The summed E-state index contributed by atoms with van der Waals surface area (Å²) in [6.07, 6.45) is 62.9. The minimum absolute atomic E-state index is 0.111. The van der Waals surface area contributed by atoms with Crippen LogP contribution in [0.1, 0.15) is 343 Å². The quantitative estimate of drug-likeness (QED) is 0.0276. The molecule has 0 aliphatic rings. The first kappa shape index (κ1) is 68.3. The van der Waals surface area contributed by atoms with Crippen molar-refractivity contribution in [2.45, 2.75) is 349 Å². The van der Waals surface area contributed by atoms with E-state index in [2.05, 4.69) is 47.2 Å². The van der Waals surface area contributed by atoms with Gasteiger partial charge in [-0.15, -0.1) is 0 Å². The van der Waals surface area contributed by atoms with Crippen LogP contribution in [0.4, 0.5) is 0 Å². The fourth-order valence-electron chi connectivity index (χ4n) is 9.90. The van der Waals surface area contributed by atoms with E-state index in [1.54, 1.807) is 20.9 Å². The van der Waals surface area contributed by atoms with Gasteiger partial charge in [0.15, 0.2) is 0 Å². The summed E-state index contributed by atoms with van der Waals surface area (Å²) in [7, 11) is 8.54. The Morgan fingerprint density at radius 3 is 0.701 bits per heavy atom. The van der Waals surface area contributed by atoms with Crippen molar-refractivity contribution in [2.75, 3.05) is 34.7 Å². The fraction of sp³-hybridized carbons (Fsp3) is 0.968. The zero-order chi connectivity index (χ0) is 50.0. The molecule has 5 heteroatoms. The topological polar surface area (TPSA) is 66.4 Å². The molecule has 402 valence electrons. The highest BCUT2D eigenvalue weighted by molar-refractivity contribution is 6.07. The molecule has 67 heavy (non-hydrogen) atoms. The van der Waals surface area contributed by atoms with E-state index in [-0.39, 0.29) is 11.6 Å². The molecule has 1 atom stereocenters. The number of nitrogens with one attached hydrogen (secondary N) is 1. The molecule has 1 unspecified atom stereocenters. The Labute approximate surface area is 423 Å². The number of rotatable bonds is 53. The first-order valence-electron chi connectivity index (χ1n) is 30.6. The van der Waals surface area contributed by atoms with Crippen molar-refractivity contribution < 1.29 is 19.2 Å². The number of carbonyl (C=O) groups is 2. The van der Waals surface area contributed by atoms with Crippen LogP contribution in [0.15, 0.2) is 0 Å². The van der Waals surface area contributed by atoms with Crippen molar-refractivity contribution in [3.63, 3.8) is 0 Å². The zero-order valence-corrected chi connectivity index (χ0v) is 47.9. The number of ketones is 2. The Hall–Kier alpha value is -0.780. The Morgan fingerprint density at radius 1 is 0.343 bits per heavy atom. The minimum atomic E-state index is -1.53. The summed E-state index contributed by atoms with van der Waals surface area (Å²) in [4.78, 5) is 26.7. The average molecular weight is 949 g/mol. The van der Waals surface area contributed by atoms with E-state index in [4.69, 9.17) is 0 Å². The van der Waals surface area contributed by atoms with Gasteiger partial charge in [0.1, 0.15) is 22.7 Å². The zero-order valence-electron chi connectivity index (χ0n) is 47.9. The van der Waals surface area contributed by atoms with Crippen LogP contribution in [0.5, 0.6) is 0 Å². The van der Waals surface area contributed by atoms with E-state index in [9.17, 15) is 14.7 Å². The van der Waals surface area contributed by atoms with E-state index >= 15 is 0 Å². The maximum Gasteiger partial charge on any atom is 0.150 e.